The summed E-state index contributed by atoms with van der Waals surface area (Å²) >= 11 is 1.19. The van der Waals surface area contributed by atoms with Crippen LogP contribution >= 0.6 is 11.3 Å². The number of aryl methyl sites for hydroxylation is 1. The molecular formula is C20H20FN5O2S. The topological polar surface area (TPSA) is 80.1 Å². The fourth-order valence-corrected chi connectivity index (χ4v) is 4.23. The van der Waals surface area contributed by atoms with Gasteiger partial charge in [-0.15, -0.1) is 11.3 Å². The summed E-state index contributed by atoms with van der Waals surface area (Å²) in [6.45, 7) is 1.09. The number of amides is 2. The molecule has 2 amide bonds. The number of nitrogens with zero attached hydrogens (tertiary/aromatic N) is 4. The predicted molar refractivity (Wildman–Crippen MR) is 107 cm³/mol. The highest BCUT2D eigenvalue weighted by molar-refractivity contribution is 7.16. The van der Waals surface area contributed by atoms with Gasteiger partial charge >= 0.3 is 0 Å². The van der Waals surface area contributed by atoms with Gasteiger partial charge in [0.2, 0.25) is 0 Å². The Balaban J connectivity index is 1.35. The maximum atomic E-state index is 13.9. The molecule has 2 aromatic heterocycles. The number of carbonyl (C=O) groups is 2. The number of likely N-dealkylation sites (tertiary alicyclic amines) is 1. The van der Waals surface area contributed by atoms with Crippen LogP contribution < -0.4 is 5.32 Å². The second kappa shape index (κ2) is 8.12. The first-order chi connectivity index (χ1) is 14.0. The maximum Gasteiger partial charge on any atom is 0.265 e. The molecule has 1 aromatic carbocycles. The third-order valence-electron chi connectivity index (χ3n) is 4.91. The molecule has 1 N–H and O–H groups in total. The van der Waals surface area contributed by atoms with E-state index in [1.54, 1.807) is 41.0 Å². The van der Waals surface area contributed by atoms with Gasteiger partial charge in [0.05, 0.1) is 18.0 Å². The summed E-state index contributed by atoms with van der Waals surface area (Å²) in [4.78, 5) is 31.5. The molecule has 150 valence electrons. The van der Waals surface area contributed by atoms with Gasteiger partial charge in [-0.05, 0) is 25.0 Å². The fourth-order valence-electron chi connectivity index (χ4n) is 3.32. The van der Waals surface area contributed by atoms with Crippen molar-refractivity contribution in [3.8, 4) is 10.6 Å². The van der Waals surface area contributed by atoms with Crippen LogP contribution in [-0.2, 0) is 7.05 Å². The van der Waals surface area contributed by atoms with Crippen molar-refractivity contribution in [2.24, 2.45) is 7.05 Å². The minimum Gasteiger partial charge on any atom is -0.349 e. The van der Waals surface area contributed by atoms with Gasteiger partial charge in [0.25, 0.3) is 11.8 Å². The van der Waals surface area contributed by atoms with Crippen LogP contribution in [-0.4, -0.2) is 50.6 Å². The molecule has 0 spiro atoms. The van der Waals surface area contributed by atoms with E-state index >= 15 is 0 Å². The van der Waals surface area contributed by atoms with Crippen LogP contribution in [0.2, 0.25) is 0 Å². The standard InChI is InChI=1S/C20H20FN5O2S/c1-25-12-13(10-23-25)18(27)24-14-6-8-26(9-7-14)20(28)17-11-22-19(29-17)15-4-2-3-5-16(15)21/h2-5,10-12,14H,6-9H2,1H3,(H,24,27). The van der Waals surface area contributed by atoms with Gasteiger partial charge in [0, 0.05) is 37.9 Å². The average Bonchev–Trinajstić information content (AvgIpc) is 3.38. The lowest BCUT2D eigenvalue weighted by molar-refractivity contribution is 0.0702. The summed E-state index contributed by atoms with van der Waals surface area (Å²) in [5, 5.41) is 7.49. The Hall–Kier alpha value is -3.07. The van der Waals surface area contributed by atoms with E-state index in [9.17, 15) is 14.0 Å². The fraction of sp³-hybridized carbons (Fsp3) is 0.300. The van der Waals surface area contributed by atoms with Crippen molar-refractivity contribution in [1.29, 1.82) is 0 Å². The average molecular weight is 413 g/mol. The van der Waals surface area contributed by atoms with Crippen molar-refractivity contribution < 1.29 is 14.0 Å². The van der Waals surface area contributed by atoms with Gasteiger partial charge in [-0.25, -0.2) is 9.37 Å². The number of hydrogen-bond donors (Lipinski definition) is 1. The van der Waals surface area contributed by atoms with Crippen LogP contribution in [0.4, 0.5) is 4.39 Å². The molecule has 0 bridgehead atoms. The Bertz CT molecular complexity index is 1040. The third-order valence-corrected chi connectivity index (χ3v) is 5.92. The third kappa shape index (κ3) is 4.19. The molecule has 3 heterocycles. The minimum absolute atomic E-state index is 0.0159. The molecule has 0 saturated carbocycles. The second-order valence-corrected chi connectivity index (χ2v) is 7.98. The zero-order valence-corrected chi connectivity index (χ0v) is 16.7. The van der Waals surface area contributed by atoms with Crippen LogP contribution in [0.3, 0.4) is 0 Å². The lowest BCUT2D eigenvalue weighted by Gasteiger charge is -2.32. The first kappa shape index (κ1) is 19.3. The molecule has 0 radical (unpaired) electrons. The van der Waals surface area contributed by atoms with E-state index in [4.69, 9.17) is 0 Å². The Morgan fingerprint density at radius 2 is 1.97 bits per heavy atom. The van der Waals surface area contributed by atoms with Crippen molar-refractivity contribution in [3.05, 3.63) is 59.1 Å². The van der Waals surface area contributed by atoms with Gasteiger partial charge in [0.15, 0.2) is 0 Å². The molecule has 1 aliphatic heterocycles. The number of thiazole rings is 1. The molecule has 7 nitrogen and oxygen atoms in total. The molecule has 4 rings (SSSR count). The molecule has 1 fully saturated rings. The number of rotatable bonds is 4. The number of carbonyl (C=O) groups excluding carboxylic acids is 2. The number of hydrogen-bond acceptors (Lipinski definition) is 5. The number of benzene rings is 1. The van der Waals surface area contributed by atoms with Crippen molar-refractivity contribution in [2.75, 3.05) is 13.1 Å². The lowest BCUT2D eigenvalue weighted by atomic mass is 10.0. The van der Waals surface area contributed by atoms with E-state index in [1.165, 1.54) is 29.8 Å². The smallest absolute Gasteiger partial charge is 0.265 e. The molecule has 29 heavy (non-hydrogen) atoms. The van der Waals surface area contributed by atoms with Crippen LogP contribution in [0.25, 0.3) is 10.6 Å². The quantitative estimate of drug-likeness (QED) is 0.713. The van der Waals surface area contributed by atoms with Crippen LogP contribution in [0.1, 0.15) is 32.9 Å². The Morgan fingerprint density at radius 3 is 2.66 bits per heavy atom. The van der Waals surface area contributed by atoms with E-state index in [-0.39, 0.29) is 23.7 Å². The van der Waals surface area contributed by atoms with Gasteiger partial charge < -0.3 is 10.2 Å². The molecule has 0 unspecified atom stereocenters. The van der Waals surface area contributed by atoms with Crippen LogP contribution in [0.5, 0.6) is 0 Å². The summed E-state index contributed by atoms with van der Waals surface area (Å²) in [5.41, 5.74) is 0.921. The number of piperidine rings is 1. The largest absolute Gasteiger partial charge is 0.349 e. The molecule has 1 aliphatic rings. The Kier molecular flexibility index (Phi) is 5.39. The number of aromatic nitrogens is 3. The van der Waals surface area contributed by atoms with Crippen molar-refractivity contribution in [2.45, 2.75) is 18.9 Å². The van der Waals surface area contributed by atoms with Crippen LogP contribution in [0, 0.1) is 5.82 Å². The second-order valence-electron chi connectivity index (χ2n) is 6.95. The van der Waals surface area contributed by atoms with Crippen molar-refractivity contribution in [1.82, 2.24) is 25.0 Å². The zero-order valence-electron chi connectivity index (χ0n) is 15.8. The molecule has 0 atom stereocenters. The van der Waals surface area contributed by atoms with Crippen molar-refractivity contribution in [3.63, 3.8) is 0 Å². The van der Waals surface area contributed by atoms with Crippen LogP contribution in [0.15, 0.2) is 42.9 Å². The van der Waals surface area contributed by atoms with E-state index in [2.05, 4.69) is 15.4 Å². The molecule has 3 aromatic rings. The SMILES string of the molecule is Cn1cc(C(=O)NC2CCN(C(=O)c3cnc(-c4ccccc4F)s3)CC2)cn1. The van der Waals surface area contributed by atoms with Gasteiger partial charge in [-0.2, -0.15) is 5.10 Å². The van der Waals surface area contributed by atoms with Gasteiger partial charge in [-0.3, -0.25) is 14.3 Å². The summed E-state index contributed by atoms with van der Waals surface area (Å²) in [5.74, 6) is -0.618. The minimum atomic E-state index is -0.356. The highest BCUT2D eigenvalue weighted by Gasteiger charge is 2.26. The van der Waals surface area contributed by atoms with E-state index in [0.29, 0.717) is 46.9 Å². The summed E-state index contributed by atoms with van der Waals surface area (Å²) in [6, 6.07) is 6.41. The zero-order chi connectivity index (χ0) is 20.4. The Morgan fingerprint density at radius 1 is 1.21 bits per heavy atom. The van der Waals surface area contributed by atoms with E-state index in [0.717, 1.165) is 0 Å². The normalized spacial score (nSPS) is 14.8. The van der Waals surface area contributed by atoms with Gasteiger partial charge in [-0.1, -0.05) is 12.1 Å². The first-order valence-corrected chi connectivity index (χ1v) is 10.1. The molecule has 0 aliphatic carbocycles. The van der Waals surface area contributed by atoms with E-state index < -0.39 is 0 Å². The summed E-state index contributed by atoms with van der Waals surface area (Å²) in [6.07, 6.45) is 6.06. The highest BCUT2D eigenvalue weighted by atomic mass is 32.1. The lowest BCUT2D eigenvalue weighted by Crippen LogP contribution is -2.46. The molecule has 9 heteroatoms. The predicted octanol–water partition coefficient (Wildman–Crippen LogP) is 2.72. The summed E-state index contributed by atoms with van der Waals surface area (Å²) in [7, 11) is 1.76. The first-order valence-electron chi connectivity index (χ1n) is 9.31. The monoisotopic (exact) mass is 413 g/mol. The number of nitrogens with one attached hydrogen (secondary N) is 1. The summed E-state index contributed by atoms with van der Waals surface area (Å²) < 4.78 is 15.5. The van der Waals surface area contributed by atoms with Gasteiger partial charge in [0.1, 0.15) is 15.7 Å². The molecular weight excluding hydrogens is 393 g/mol. The maximum absolute atomic E-state index is 13.9. The number of halogens is 1. The van der Waals surface area contributed by atoms with E-state index in [1.807, 2.05) is 0 Å². The highest BCUT2D eigenvalue weighted by Crippen LogP contribution is 2.28. The van der Waals surface area contributed by atoms with Crippen molar-refractivity contribution >= 4 is 23.2 Å². The molecule has 1 saturated heterocycles. The Labute approximate surface area is 171 Å².